The van der Waals surface area contributed by atoms with Gasteiger partial charge in [0.15, 0.2) is 11.5 Å². The number of carbonyl (C=O) groups is 1. The van der Waals surface area contributed by atoms with E-state index in [9.17, 15) is 4.79 Å². The summed E-state index contributed by atoms with van der Waals surface area (Å²) >= 11 is 0. The molecule has 2 rings (SSSR count). The second kappa shape index (κ2) is 4.42. The smallest absolute Gasteiger partial charge is 0.198 e. The third-order valence-corrected chi connectivity index (χ3v) is 2.73. The second-order valence-corrected chi connectivity index (χ2v) is 3.80. The van der Waals surface area contributed by atoms with E-state index >= 15 is 0 Å². The lowest BCUT2D eigenvalue weighted by molar-refractivity contribution is 0.0925. The van der Waals surface area contributed by atoms with Crippen molar-refractivity contribution in [3.05, 3.63) is 24.2 Å². The highest BCUT2D eigenvalue weighted by atomic mass is 16.3. The van der Waals surface area contributed by atoms with Gasteiger partial charge in [-0.3, -0.25) is 4.79 Å². The molecule has 1 aromatic rings. The van der Waals surface area contributed by atoms with Gasteiger partial charge < -0.3 is 9.73 Å². The van der Waals surface area contributed by atoms with E-state index in [0.717, 1.165) is 25.9 Å². The molecular weight excluding hydrogens is 178 g/mol. The number of nitrogens with one attached hydrogen (secondary N) is 1. The number of hydrogen-bond donors (Lipinski definition) is 1. The van der Waals surface area contributed by atoms with Gasteiger partial charge in [-0.2, -0.15) is 0 Å². The summed E-state index contributed by atoms with van der Waals surface area (Å²) in [6.07, 6.45) is 4.39. The number of hydrogen-bond acceptors (Lipinski definition) is 3. The fourth-order valence-electron chi connectivity index (χ4n) is 1.89. The summed E-state index contributed by atoms with van der Waals surface area (Å²) in [6.45, 7) is 2.08. The molecule has 1 aromatic heterocycles. The number of ketones is 1. The van der Waals surface area contributed by atoms with Crippen LogP contribution in [0.1, 0.15) is 29.8 Å². The molecule has 0 amide bonds. The summed E-state index contributed by atoms with van der Waals surface area (Å²) in [5, 5.41) is 3.29. The van der Waals surface area contributed by atoms with Gasteiger partial charge in [0, 0.05) is 6.42 Å². The molecule has 0 spiro atoms. The van der Waals surface area contributed by atoms with Crippen LogP contribution in [0.4, 0.5) is 0 Å². The quantitative estimate of drug-likeness (QED) is 0.745. The molecule has 1 N–H and O–H groups in total. The SMILES string of the molecule is O=C(CC1CCNCC1)c1ccco1. The summed E-state index contributed by atoms with van der Waals surface area (Å²) in [6, 6.07) is 3.50. The molecule has 0 unspecified atom stereocenters. The first-order chi connectivity index (χ1) is 6.86. The Balaban J connectivity index is 1.87. The fraction of sp³-hybridized carbons (Fsp3) is 0.545. The van der Waals surface area contributed by atoms with Crippen molar-refractivity contribution in [3.63, 3.8) is 0 Å². The zero-order chi connectivity index (χ0) is 9.80. The van der Waals surface area contributed by atoms with Gasteiger partial charge in [0.25, 0.3) is 0 Å². The maximum absolute atomic E-state index is 11.7. The predicted molar refractivity (Wildman–Crippen MR) is 53.2 cm³/mol. The predicted octanol–water partition coefficient (Wildman–Crippen LogP) is 1.85. The van der Waals surface area contributed by atoms with Crippen LogP contribution in [0.3, 0.4) is 0 Å². The van der Waals surface area contributed by atoms with E-state index in [1.807, 2.05) is 0 Å². The number of furan rings is 1. The molecule has 0 bridgehead atoms. The van der Waals surface area contributed by atoms with Crippen LogP contribution >= 0.6 is 0 Å². The molecule has 0 atom stereocenters. The second-order valence-electron chi connectivity index (χ2n) is 3.80. The summed E-state index contributed by atoms with van der Waals surface area (Å²) in [4.78, 5) is 11.7. The van der Waals surface area contributed by atoms with Crippen LogP contribution in [0.2, 0.25) is 0 Å². The maximum atomic E-state index is 11.7. The van der Waals surface area contributed by atoms with Crippen molar-refractivity contribution in [2.24, 2.45) is 5.92 Å². The topological polar surface area (TPSA) is 42.2 Å². The largest absolute Gasteiger partial charge is 0.461 e. The van der Waals surface area contributed by atoms with E-state index in [2.05, 4.69) is 5.32 Å². The van der Waals surface area contributed by atoms with E-state index in [1.165, 1.54) is 0 Å². The van der Waals surface area contributed by atoms with Crippen molar-refractivity contribution in [1.82, 2.24) is 5.32 Å². The molecule has 1 aliphatic rings. The van der Waals surface area contributed by atoms with Crippen molar-refractivity contribution >= 4 is 5.78 Å². The Bertz CT molecular complexity index is 286. The number of rotatable bonds is 3. The minimum Gasteiger partial charge on any atom is -0.461 e. The van der Waals surface area contributed by atoms with Crippen molar-refractivity contribution in [2.45, 2.75) is 19.3 Å². The third-order valence-electron chi connectivity index (χ3n) is 2.73. The molecule has 3 heteroatoms. The zero-order valence-electron chi connectivity index (χ0n) is 8.16. The van der Waals surface area contributed by atoms with Crippen molar-refractivity contribution in [3.8, 4) is 0 Å². The summed E-state index contributed by atoms with van der Waals surface area (Å²) < 4.78 is 5.07. The standard InChI is InChI=1S/C11H15NO2/c13-10(11-2-1-7-14-11)8-9-3-5-12-6-4-9/h1-2,7,9,12H,3-6,8H2. The summed E-state index contributed by atoms with van der Waals surface area (Å²) in [5.74, 6) is 1.18. The highest BCUT2D eigenvalue weighted by molar-refractivity contribution is 5.93. The molecule has 0 aliphatic carbocycles. The minimum atomic E-state index is 0.141. The van der Waals surface area contributed by atoms with Crippen LogP contribution in [0.15, 0.2) is 22.8 Å². The van der Waals surface area contributed by atoms with Crippen molar-refractivity contribution in [1.29, 1.82) is 0 Å². The first-order valence-electron chi connectivity index (χ1n) is 5.13. The number of piperidine rings is 1. The van der Waals surface area contributed by atoms with Gasteiger partial charge in [0.1, 0.15) is 0 Å². The van der Waals surface area contributed by atoms with E-state index in [0.29, 0.717) is 18.1 Å². The molecule has 2 heterocycles. The van der Waals surface area contributed by atoms with Gasteiger partial charge in [0.05, 0.1) is 6.26 Å². The molecule has 14 heavy (non-hydrogen) atoms. The molecule has 0 radical (unpaired) electrons. The van der Waals surface area contributed by atoms with E-state index in [-0.39, 0.29) is 5.78 Å². The maximum Gasteiger partial charge on any atom is 0.198 e. The van der Waals surface area contributed by atoms with E-state index < -0.39 is 0 Å². The van der Waals surface area contributed by atoms with Gasteiger partial charge in [-0.1, -0.05) is 0 Å². The number of carbonyl (C=O) groups excluding carboxylic acids is 1. The zero-order valence-corrected chi connectivity index (χ0v) is 8.16. The normalized spacial score (nSPS) is 18.3. The van der Waals surface area contributed by atoms with E-state index in [1.54, 1.807) is 18.4 Å². The van der Waals surface area contributed by atoms with Gasteiger partial charge >= 0.3 is 0 Å². The summed E-state index contributed by atoms with van der Waals surface area (Å²) in [7, 11) is 0. The van der Waals surface area contributed by atoms with Crippen LogP contribution in [0.25, 0.3) is 0 Å². The highest BCUT2D eigenvalue weighted by Gasteiger charge is 2.18. The van der Waals surface area contributed by atoms with Crippen LogP contribution in [-0.2, 0) is 0 Å². The van der Waals surface area contributed by atoms with Gasteiger partial charge in [-0.05, 0) is 44.0 Å². The molecule has 76 valence electrons. The van der Waals surface area contributed by atoms with Crippen LogP contribution in [0, 0.1) is 5.92 Å². The Labute approximate surface area is 83.5 Å². The van der Waals surface area contributed by atoms with Crippen LogP contribution in [-0.4, -0.2) is 18.9 Å². The van der Waals surface area contributed by atoms with Crippen molar-refractivity contribution in [2.75, 3.05) is 13.1 Å². The molecular formula is C11H15NO2. The lowest BCUT2D eigenvalue weighted by atomic mass is 9.92. The van der Waals surface area contributed by atoms with Gasteiger partial charge in [-0.25, -0.2) is 0 Å². The van der Waals surface area contributed by atoms with Crippen LogP contribution in [0.5, 0.6) is 0 Å². The molecule has 1 fully saturated rings. The minimum absolute atomic E-state index is 0.141. The third kappa shape index (κ3) is 2.23. The monoisotopic (exact) mass is 193 g/mol. The number of Topliss-reactive ketones (excluding diaryl/α,β-unsaturated/α-hetero) is 1. The lowest BCUT2D eigenvalue weighted by Crippen LogP contribution is -2.28. The molecule has 0 saturated carbocycles. The fourth-order valence-corrected chi connectivity index (χ4v) is 1.89. The first-order valence-corrected chi connectivity index (χ1v) is 5.13. The average molecular weight is 193 g/mol. The summed E-state index contributed by atoms with van der Waals surface area (Å²) in [5.41, 5.74) is 0. The molecule has 1 aliphatic heterocycles. The Morgan fingerprint density at radius 2 is 2.29 bits per heavy atom. The van der Waals surface area contributed by atoms with E-state index in [4.69, 9.17) is 4.42 Å². The van der Waals surface area contributed by atoms with Crippen LogP contribution < -0.4 is 5.32 Å². The lowest BCUT2D eigenvalue weighted by Gasteiger charge is -2.21. The molecule has 1 saturated heterocycles. The first kappa shape index (κ1) is 9.46. The van der Waals surface area contributed by atoms with Gasteiger partial charge in [-0.15, -0.1) is 0 Å². The highest BCUT2D eigenvalue weighted by Crippen LogP contribution is 2.18. The Hall–Kier alpha value is -1.09. The van der Waals surface area contributed by atoms with Crippen molar-refractivity contribution < 1.29 is 9.21 Å². The Morgan fingerprint density at radius 1 is 1.50 bits per heavy atom. The molecule has 3 nitrogen and oxygen atoms in total. The average Bonchev–Trinajstić information content (AvgIpc) is 2.72. The Morgan fingerprint density at radius 3 is 2.93 bits per heavy atom. The Kier molecular flexibility index (Phi) is 2.99. The van der Waals surface area contributed by atoms with Gasteiger partial charge in [0.2, 0.25) is 0 Å². The molecule has 0 aromatic carbocycles.